The van der Waals surface area contributed by atoms with Gasteiger partial charge in [-0.05, 0) is 52.7 Å². The third-order valence-corrected chi connectivity index (χ3v) is 7.00. The first kappa shape index (κ1) is 25.8. The molecule has 194 valence electrons. The molecule has 9 nitrogen and oxygen atoms in total. The highest BCUT2D eigenvalue weighted by atomic mass is 79.9. The van der Waals surface area contributed by atoms with Gasteiger partial charge in [0.25, 0.3) is 0 Å². The lowest BCUT2D eigenvalue weighted by Gasteiger charge is -2.23. The molecule has 1 aliphatic heterocycles. The maximum absolute atomic E-state index is 14.4. The summed E-state index contributed by atoms with van der Waals surface area (Å²) in [5.74, 6) is -0.323. The molecule has 4 heterocycles. The number of nitrogens with zero attached hydrogens (tertiary/aromatic N) is 6. The van der Waals surface area contributed by atoms with Gasteiger partial charge < -0.3 is 4.90 Å². The van der Waals surface area contributed by atoms with Gasteiger partial charge in [-0.1, -0.05) is 12.1 Å². The number of hydrogen-bond acceptors (Lipinski definition) is 7. The van der Waals surface area contributed by atoms with Crippen LogP contribution in [0.4, 0.5) is 4.39 Å². The van der Waals surface area contributed by atoms with Gasteiger partial charge in [0.2, 0.25) is 5.91 Å². The molecule has 2 atom stereocenters. The molecule has 3 aromatic heterocycles. The van der Waals surface area contributed by atoms with E-state index in [-0.39, 0.29) is 43.2 Å². The van der Waals surface area contributed by atoms with E-state index >= 15 is 0 Å². The molecule has 0 saturated carbocycles. The van der Waals surface area contributed by atoms with Crippen LogP contribution in [0.5, 0.6) is 0 Å². The van der Waals surface area contributed by atoms with Crippen molar-refractivity contribution in [2.75, 3.05) is 6.54 Å². The van der Waals surface area contributed by atoms with Gasteiger partial charge in [0.1, 0.15) is 28.8 Å². The lowest BCUT2D eigenvalue weighted by Crippen LogP contribution is -2.43. The number of rotatable bonds is 7. The van der Waals surface area contributed by atoms with Crippen LogP contribution in [-0.4, -0.2) is 65.9 Å². The second-order valence-electron chi connectivity index (χ2n) is 9.30. The molecule has 0 aliphatic carbocycles. The van der Waals surface area contributed by atoms with Crippen molar-refractivity contribution in [3.8, 4) is 11.1 Å². The number of hydrogen-bond donors (Lipinski definition) is 0. The summed E-state index contributed by atoms with van der Waals surface area (Å²) < 4.78 is 16.5. The molecule has 11 heteroatoms. The van der Waals surface area contributed by atoms with Crippen LogP contribution >= 0.6 is 15.9 Å². The quantitative estimate of drug-likeness (QED) is 0.241. The highest BCUT2D eigenvalue weighted by Gasteiger charge is 2.39. The van der Waals surface area contributed by atoms with Gasteiger partial charge in [0.05, 0.1) is 24.5 Å². The van der Waals surface area contributed by atoms with Crippen LogP contribution in [0.25, 0.3) is 22.0 Å². The normalized spacial score (nSPS) is 17.2. The van der Waals surface area contributed by atoms with Gasteiger partial charge in [-0.15, -0.1) is 0 Å². The summed E-state index contributed by atoms with van der Waals surface area (Å²) in [6, 6.07) is 9.78. The fourth-order valence-electron chi connectivity index (χ4n) is 4.71. The summed E-state index contributed by atoms with van der Waals surface area (Å²) >= 11 is 3.28. The van der Waals surface area contributed by atoms with Crippen LogP contribution in [0, 0.1) is 6.92 Å². The number of ketones is 2. The average molecular weight is 579 g/mol. The SMILES string of the molecule is CC(=O)c1nn(CC(=O)N2C[C@H](F)C[C@H]2C(=O)Cc2cccc(Br)n2)c2ccc(-c3cnc(C)nc3)cc12. The third kappa shape index (κ3) is 5.24. The van der Waals surface area contributed by atoms with Crippen molar-refractivity contribution >= 4 is 44.3 Å². The molecule has 1 aliphatic rings. The summed E-state index contributed by atoms with van der Waals surface area (Å²) in [7, 11) is 0. The standard InChI is InChI=1S/C27H24BrFN6O3/c1-15(36)27-21-8-17(18-11-30-16(2)31-12-18)6-7-22(21)35(33-27)14-26(38)34-13-19(29)9-23(34)24(37)10-20-4-3-5-25(28)32-20/h3-8,11-12,19,23H,9-10,13-14H2,1-2H3/t19-,23+/m1/s1. The number of benzene rings is 1. The molecular weight excluding hydrogens is 555 g/mol. The van der Waals surface area contributed by atoms with Gasteiger partial charge >= 0.3 is 0 Å². The van der Waals surface area contributed by atoms with E-state index in [1.165, 1.54) is 16.5 Å². The maximum Gasteiger partial charge on any atom is 0.245 e. The first-order valence-corrected chi connectivity index (χ1v) is 12.9. The van der Waals surface area contributed by atoms with E-state index in [2.05, 4.69) is 36.0 Å². The fraction of sp³-hybridized carbons (Fsp3) is 0.296. The second-order valence-corrected chi connectivity index (χ2v) is 10.1. The zero-order valence-electron chi connectivity index (χ0n) is 20.8. The van der Waals surface area contributed by atoms with Crippen LogP contribution in [-0.2, 0) is 22.6 Å². The minimum atomic E-state index is -1.30. The minimum Gasteiger partial charge on any atom is -0.328 e. The highest BCUT2D eigenvalue weighted by molar-refractivity contribution is 9.10. The Labute approximate surface area is 226 Å². The number of aryl methyl sites for hydroxylation is 1. The van der Waals surface area contributed by atoms with E-state index in [0.717, 1.165) is 11.1 Å². The van der Waals surface area contributed by atoms with E-state index in [4.69, 9.17) is 0 Å². The van der Waals surface area contributed by atoms with Crippen LogP contribution in [0.15, 0.2) is 53.4 Å². The fourth-order valence-corrected chi connectivity index (χ4v) is 5.09. The zero-order chi connectivity index (χ0) is 27.0. The van der Waals surface area contributed by atoms with E-state index in [1.54, 1.807) is 43.6 Å². The van der Waals surface area contributed by atoms with Crippen molar-refractivity contribution in [3.63, 3.8) is 0 Å². The summed E-state index contributed by atoms with van der Waals surface area (Å²) in [6.45, 7) is 2.80. The lowest BCUT2D eigenvalue weighted by atomic mass is 10.0. The van der Waals surface area contributed by atoms with Gasteiger partial charge in [-0.25, -0.2) is 19.3 Å². The number of Topliss-reactive ketones (excluding diaryl/α,β-unsaturated/α-hetero) is 2. The van der Waals surface area contributed by atoms with Gasteiger partial charge in [0.15, 0.2) is 11.6 Å². The van der Waals surface area contributed by atoms with Crippen molar-refractivity contribution in [1.29, 1.82) is 0 Å². The first-order chi connectivity index (χ1) is 18.2. The van der Waals surface area contributed by atoms with Gasteiger partial charge in [0, 0.05) is 42.4 Å². The van der Waals surface area contributed by atoms with Gasteiger partial charge in [-0.2, -0.15) is 5.10 Å². The Hall–Kier alpha value is -3.86. The molecule has 5 rings (SSSR count). The molecule has 38 heavy (non-hydrogen) atoms. The average Bonchev–Trinajstić information content (AvgIpc) is 3.45. The second kappa shape index (κ2) is 10.5. The number of amides is 1. The predicted molar refractivity (Wildman–Crippen MR) is 141 cm³/mol. The molecule has 1 amide bonds. The number of likely N-dealkylation sites (tertiary alicyclic amines) is 1. The largest absolute Gasteiger partial charge is 0.328 e. The van der Waals surface area contributed by atoms with Crippen LogP contribution in [0.3, 0.4) is 0 Å². The monoisotopic (exact) mass is 578 g/mol. The summed E-state index contributed by atoms with van der Waals surface area (Å²) in [4.78, 5) is 52.8. The topological polar surface area (TPSA) is 111 Å². The number of alkyl halides is 1. The molecule has 0 spiro atoms. The molecule has 1 fully saturated rings. The number of carbonyl (C=O) groups excluding carboxylic acids is 3. The number of pyridine rings is 1. The van der Waals surface area contributed by atoms with E-state index in [0.29, 0.717) is 27.0 Å². The molecule has 1 saturated heterocycles. The van der Waals surface area contributed by atoms with E-state index < -0.39 is 18.1 Å². The number of halogens is 2. The Bertz CT molecular complexity index is 1550. The van der Waals surface area contributed by atoms with E-state index in [9.17, 15) is 18.8 Å². The van der Waals surface area contributed by atoms with Crippen molar-refractivity contribution in [3.05, 3.63) is 70.6 Å². The minimum absolute atomic E-state index is 0.00864. The Balaban J connectivity index is 1.41. The smallest absolute Gasteiger partial charge is 0.245 e. The molecule has 0 N–H and O–H groups in total. The zero-order valence-corrected chi connectivity index (χ0v) is 22.4. The molecule has 0 bridgehead atoms. The predicted octanol–water partition coefficient (Wildman–Crippen LogP) is 3.91. The molecular formula is C27H24BrFN6O3. The van der Waals surface area contributed by atoms with Crippen molar-refractivity contribution in [2.45, 2.75) is 45.4 Å². The Morgan fingerprint density at radius 3 is 2.58 bits per heavy atom. The molecule has 4 aromatic rings. The number of fused-ring (bicyclic) bond motifs is 1. The molecule has 0 radical (unpaired) electrons. The van der Waals surface area contributed by atoms with Crippen molar-refractivity contribution in [1.82, 2.24) is 29.6 Å². The van der Waals surface area contributed by atoms with Crippen molar-refractivity contribution < 1.29 is 18.8 Å². The summed E-state index contributed by atoms with van der Waals surface area (Å²) in [6.07, 6.45) is 2.04. The third-order valence-electron chi connectivity index (χ3n) is 6.55. The van der Waals surface area contributed by atoms with Crippen LogP contribution in [0.1, 0.15) is 35.4 Å². The lowest BCUT2D eigenvalue weighted by molar-refractivity contribution is -0.138. The number of carbonyl (C=O) groups is 3. The molecule has 0 unspecified atom stereocenters. The summed E-state index contributed by atoms with van der Waals surface area (Å²) in [5, 5.41) is 4.99. The number of aromatic nitrogens is 5. The van der Waals surface area contributed by atoms with Crippen LogP contribution < -0.4 is 0 Å². The van der Waals surface area contributed by atoms with E-state index in [1.807, 2.05) is 12.1 Å². The molecule has 1 aromatic carbocycles. The van der Waals surface area contributed by atoms with Crippen molar-refractivity contribution in [2.24, 2.45) is 0 Å². The first-order valence-electron chi connectivity index (χ1n) is 12.1. The highest BCUT2D eigenvalue weighted by Crippen LogP contribution is 2.28. The Kier molecular flexibility index (Phi) is 7.11. The van der Waals surface area contributed by atoms with Gasteiger partial charge in [-0.3, -0.25) is 19.1 Å². The van der Waals surface area contributed by atoms with Crippen LogP contribution in [0.2, 0.25) is 0 Å². The maximum atomic E-state index is 14.4. The Morgan fingerprint density at radius 2 is 1.87 bits per heavy atom. The summed E-state index contributed by atoms with van der Waals surface area (Å²) in [5.41, 5.74) is 2.93. The Morgan fingerprint density at radius 1 is 1.11 bits per heavy atom.